The number of amides is 2. The van der Waals surface area contributed by atoms with Crippen LogP contribution < -0.4 is 5.73 Å². The molecule has 1 aliphatic rings. The van der Waals surface area contributed by atoms with Gasteiger partial charge in [-0.25, -0.2) is 4.90 Å². The zero-order chi connectivity index (χ0) is 12.6. The van der Waals surface area contributed by atoms with Crippen molar-refractivity contribution < 1.29 is 14.7 Å². The van der Waals surface area contributed by atoms with Crippen LogP contribution in [0.15, 0.2) is 36.5 Å². The maximum Gasteiger partial charge on any atom is 0.265 e. The fourth-order valence-electron chi connectivity index (χ4n) is 1.74. The lowest BCUT2D eigenvalue weighted by Crippen LogP contribution is -2.37. The fraction of sp³-hybridized carbons (Fsp3) is 0.167. The monoisotopic (exact) mass is 232 g/mol. The van der Waals surface area contributed by atoms with Crippen molar-refractivity contribution in [2.75, 3.05) is 6.54 Å². The Balaban J connectivity index is 2.40. The Morgan fingerprint density at radius 2 is 1.76 bits per heavy atom. The molecule has 1 heterocycles. The van der Waals surface area contributed by atoms with E-state index in [-0.39, 0.29) is 12.2 Å². The number of hydrogen-bond acceptors (Lipinski definition) is 4. The van der Waals surface area contributed by atoms with Crippen LogP contribution >= 0.6 is 0 Å². The average Bonchev–Trinajstić information content (AvgIpc) is 2.61. The molecule has 1 unspecified atom stereocenters. The number of nitrogens with two attached hydrogens (primary N) is 1. The molecule has 0 aliphatic carbocycles. The van der Waals surface area contributed by atoms with E-state index >= 15 is 0 Å². The van der Waals surface area contributed by atoms with Gasteiger partial charge in [0.2, 0.25) is 0 Å². The number of aliphatic hydroxyl groups excluding tert-OH is 1. The van der Waals surface area contributed by atoms with Crippen LogP contribution in [0, 0.1) is 0 Å². The second kappa shape index (κ2) is 4.12. The number of carbonyl (C=O) groups is 2. The zero-order valence-corrected chi connectivity index (χ0v) is 9.09. The highest BCUT2D eigenvalue weighted by atomic mass is 16.3. The van der Waals surface area contributed by atoms with Crippen molar-refractivity contribution in [2.45, 2.75) is 6.10 Å². The molecule has 0 radical (unpaired) electrons. The Hall–Kier alpha value is -1.98. The third-order valence-electron chi connectivity index (χ3n) is 2.69. The lowest BCUT2D eigenvalue weighted by molar-refractivity contribution is 0.0652. The molecule has 1 aromatic rings. The number of imide groups is 1. The molecule has 0 spiro atoms. The van der Waals surface area contributed by atoms with Crippen LogP contribution in [0.1, 0.15) is 20.7 Å². The van der Waals surface area contributed by atoms with Crippen LogP contribution in [-0.4, -0.2) is 34.5 Å². The lowest BCUT2D eigenvalue weighted by atomic mass is 10.1. The summed E-state index contributed by atoms with van der Waals surface area (Å²) in [7, 11) is 0. The number of aliphatic hydroxyl groups is 1. The Kier molecular flexibility index (Phi) is 2.79. The molecule has 0 fully saturated rings. The van der Waals surface area contributed by atoms with Gasteiger partial charge >= 0.3 is 0 Å². The predicted octanol–water partition coefficient (Wildman–Crippen LogP) is 0.116. The minimum Gasteiger partial charge on any atom is -0.386 e. The number of hydrogen-bond donors (Lipinski definition) is 2. The van der Waals surface area contributed by atoms with Crippen molar-refractivity contribution in [1.82, 2.24) is 4.90 Å². The highest BCUT2D eigenvalue weighted by Gasteiger charge is 2.38. The normalized spacial score (nSPS) is 16.0. The summed E-state index contributed by atoms with van der Waals surface area (Å²) in [6.45, 7) is 3.45. The minimum atomic E-state index is -1.10. The molecule has 0 aromatic heterocycles. The van der Waals surface area contributed by atoms with E-state index in [1.165, 1.54) is 0 Å². The maximum absolute atomic E-state index is 12.0. The first-order valence-corrected chi connectivity index (χ1v) is 5.12. The smallest absolute Gasteiger partial charge is 0.265 e. The van der Waals surface area contributed by atoms with Crippen molar-refractivity contribution in [2.24, 2.45) is 5.73 Å². The Labute approximate surface area is 98.1 Å². The third-order valence-corrected chi connectivity index (χ3v) is 2.69. The molecule has 1 aromatic carbocycles. The Morgan fingerprint density at radius 1 is 1.29 bits per heavy atom. The van der Waals surface area contributed by atoms with Crippen LogP contribution in [-0.2, 0) is 0 Å². The first-order valence-electron chi connectivity index (χ1n) is 5.12. The van der Waals surface area contributed by atoms with Gasteiger partial charge < -0.3 is 10.8 Å². The zero-order valence-electron chi connectivity index (χ0n) is 9.09. The number of fused-ring (bicyclic) bond motifs is 1. The van der Waals surface area contributed by atoms with Gasteiger partial charge in [0.25, 0.3) is 11.8 Å². The standard InChI is InChI=1S/C12H12N2O3/c1-7(10(15)6-13)14-11(16)8-4-2-3-5-9(8)12(14)17/h2-5,10,15H,1,6,13H2. The fourth-order valence-corrected chi connectivity index (χ4v) is 1.74. The number of benzene rings is 1. The van der Waals surface area contributed by atoms with Crippen LogP contribution in [0.4, 0.5) is 0 Å². The van der Waals surface area contributed by atoms with Crippen molar-refractivity contribution in [3.05, 3.63) is 47.7 Å². The highest BCUT2D eigenvalue weighted by molar-refractivity contribution is 6.22. The van der Waals surface area contributed by atoms with Crippen molar-refractivity contribution in [1.29, 1.82) is 0 Å². The quantitative estimate of drug-likeness (QED) is 0.725. The largest absolute Gasteiger partial charge is 0.386 e. The molecule has 0 saturated heterocycles. The molecular weight excluding hydrogens is 220 g/mol. The van der Waals surface area contributed by atoms with Gasteiger partial charge in [-0.1, -0.05) is 18.7 Å². The van der Waals surface area contributed by atoms with E-state index in [4.69, 9.17) is 5.73 Å². The number of carbonyl (C=O) groups excluding carboxylic acids is 2. The van der Waals surface area contributed by atoms with Gasteiger partial charge in [0, 0.05) is 6.54 Å². The summed E-state index contributed by atoms with van der Waals surface area (Å²) in [6, 6.07) is 6.49. The van der Waals surface area contributed by atoms with Gasteiger partial charge in [-0.3, -0.25) is 9.59 Å². The van der Waals surface area contributed by atoms with Crippen molar-refractivity contribution in [3.8, 4) is 0 Å². The number of rotatable bonds is 3. The second-order valence-corrected chi connectivity index (χ2v) is 3.73. The van der Waals surface area contributed by atoms with Crippen molar-refractivity contribution >= 4 is 11.8 Å². The minimum absolute atomic E-state index is 0.0127. The summed E-state index contributed by atoms with van der Waals surface area (Å²) < 4.78 is 0. The third kappa shape index (κ3) is 1.65. The number of nitrogens with zero attached hydrogens (tertiary/aromatic N) is 1. The first kappa shape index (κ1) is 11.5. The molecular formula is C12H12N2O3. The molecule has 17 heavy (non-hydrogen) atoms. The molecule has 2 rings (SSSR count). The Morgan fingerprint density at radius 3 is 2.18 bits per heavy atom. The van der Waals surface area contributed by atoms with Gasteiger partial charge in [-0.2, -0.15) is 0 Å². The van der Waals surface area contributed by atoms with Crippen LogP contribution in [0.25, 0.3) is 0 Å². The van der Waals surface area contributed by atoms with Crippen LogP contribution in [0.2, 0.25) is 0 Å². The molecule has 5 nitrogen and oxygen atoms in total. The van der Waals surface area contributed by atoms with Gasteiger partial charge in [-0.15, -0.1) is 0 Å². The van der Waals surface area contributed by atoms with E-state index in [9.17, 15) is 14.7 Å². The second-order valence-electron chi connectivity index (χ2n) is 3.73. The molecule has 3 N–H and O–H groups in total. The molecule has 1 atom stereocenters. The summed E-state index contributed by atoms with van der Waals surface area (Å²) >= 11 is 0. The average molecular weight is 232 g/mol. The molecule has 0 saturated carbocycles. The summed E-state index contributed by atoms with van der Waals surface area (Å²) in [4.78, 5) is 24.8. The Bertz CT molecular complexity index is 475. The SMILES string of the molecule is C=C(C(O)CN)N1C(=O)c2ccccc2C1=O. The molecule has 0 bridgehead atoms. The van der Waals surface area contributed by atoms with Crippen LogP contribution in [0.3, 0.4) is 0 Å². The summed E-state index contributed by atoms with van der Waals surface area (Å²) in [6.07, 6.45) is -1.10. The van der Waals surface area contributed by atoms with Gasteiger partial charge in [0.1, 0.15) is 6.10 Å². The van der Waals surface area contributed by atoms with E-state index in [0.29, 0.717) is 11.1 Å². The van der Waals surface area contributed by atoms with Gasteiger partial charge in [-0.05, 0) is 12.1 Å². The summed E-state index contributed by atoms with van der Waals surface area (Å²) in [5.74, 6) is -0.939. The summed E-state index contributed by atoms with van der Waals surface area (Å²) in [5, 5.41) is 9.53. The topological polar surface area (TPSA) is 83.6 Å². The highest BCUT2D eigenvalue weighted by Crippen LogP contribution is 2.26. The lowest BCUT2D eigenvalue weighted by Gasteiger charge is -2.20. The van der Waals surface area contributed by atoms with Crippen LogP contribution in [0.5, 0.6) is 0 Å². The van der Waals surface area contributed by atoms with Gasteiger partial charge in [0.05, 0.1) is 16.8 Å². The van der Waals surface area contributed by atoms with E-state index in [0.717, 1.165) is 4.90 Å². The first-order chi connectivity index (χ1) is 8.07. The molecule has 88 valence electrons. The molecule has 5 heteroatoms. The maximum atomic E-state index is 12.0. The van der Waals surface area contributed by atoms with E-state index < -0.39 is 17.9 Å². The summed E-state index contributed by atoms with van der Waals surface area (Å²) in [5.41, 5.74) is 5.93. The van der Waals surface area contributed by atoms with E-state index in [2.05, 4.69) is 6.58 Å². The van der Waals surface area contributed by atoms with Gasteiger partial charge in [0.15, 0.2) is 0 Å². The van der Waals surface area contributed by atoms with E-state index in [1.54, 1.807) is 24.3 Å². The van der Waals surface area contributed by atoms with Crippen molar-refractivity contribution in [3.63, 3.8) is 0 Å². The molecule has 1 aliphatic heterocycles. The predicted molar refractivity (Wildman–Crippen MR) is 61.1 cm³/mol. The molecule has 2 amide bonds. The van der Waals surface area contributed by atoms with E-state index in [1.807, 2.05) is 0 Å².